The van der Waals surface area contributed by atoms with E-state index in [2.05, 4.69) is 15.5 Å². The normalized spacial score (nSPS) is 11.1. The first-order chi connectivity index (χ1) is 9.75. The van der Waals surface area contributed by atoms with Crippen molar-refractivity contribution in [2.45, 2.75) is 13.1 Å². The maximum Gasteiger partial charge on any atom is 0.160 e. The van der Waals surface area contributed by atoms with Crippen LogP contribution in [0.25, 0.3) is 5.65 Å². The Labute approximate surface area is 120 Å². The number of pyridine rings is 1. The molecule has 0 aliphatic rings. The molecule has 3 aromatic rings. The van der Waals surface area contributed by atoms with Gasteiger partial charge in [0.25, 0.3) is 0 Å². The fourth-order valence-corrected chi connectivity index (χ4v) is 2.24. The minimum Gasteiger partial charge on any atom is -0.306 e. The molecule has 0 spiro atoms. The van der Waals surface area contributed by atoms with Crippen LogP contribution in [0.3, 0.4) is 0 Å². The third-order valence-electron chi connectivity index (χ3n) is 3.03. The van der Waals surface area contributed by atoms with Gasteiger partial charge in [0.2, 0.25) is 0 Å². The van der Waals surface area contributed by atoms with E-state index in [0.717, 1.165) is 11.5 Å². The highest BCUT2D eigenvalue weighted by molar-refractivity contribution is 6.31. The molecule has 2 aromatic heterocycles. The molecule has 0 atom stereocenters. The van der Waals surface area contributed by atoms with Crippen molar-refractivity contribution in [3.8, 4) is 0 Å². The van der Waals surface area contributed by atoms with Crippen molar-refractivity contribution < 1.29 is 4.39 Å². The number of rotatable bonds is 4. The van der Waals surface area contributed by atoms with Gasteiger partial charge in [0.05, 0.1) is 6.54 Å². The standard InChI is InChI=1S/C14H12ClFN4/c15-11-4-3-5-12(16)10(11)8-17-9-14-19-18-13-6-1-2-7-20(13)14/h1-7,17H,8-9H2. The predicted molar refractivity (Wildman–Crippen MR) is 74.9 cm³/mol. The largest absolute Gasteiger partial charge is 0.306 e. The summed E-state index contributed by atoms with van der Waals surface area (Å²) in [4.78, 5) is 0. The molecule has 2 heterocycles. The Morgan fingerprint density at radius 2 is 2.00 bits per heavy atom. The first-order valence-electron chi connectivity index (χ1n) is 6.18. The molecule has 0 aliphatic carbocycles. The summed E-state index contributed by atoms with van der Waals surface area (Å²) >= 11 is 5.97. The predicted octanol–water partition coefficient (Wildman–Crippen LogP) is 2.81. The van der Waals surface area contributed by atoms with Crippen LogP contribution in [0.2, 0.25) is 5.02 Å². The SMILES string of the molecule is Fc1cccc(Cl)c1CNCc1nnc2ccccn12. The van der Waals surface area contributed by atoms with Gasteiger partial charge < -0.3 is 5.32 Å². The third kappa shape index (κ3) is 2.50. The Kier molecular flexibility index (Phi) is 3.62. The zero-order valence-electron chi connectivity index (χ0n) is 10.6. The number of halogens is 2. The molecule has 0 unspecified atom stereocenters. The van der Waals surface area contributed by atoms with Crippen LogP contribution in [0, 0.1) is 5.82 Å². The van der Waals surface area contributed by atoms with Crippen molar-refractivity contribution in [1.82, 2.24) is 19.9 Å². The molecular formula is C14H12ClFN4. The lowest BCUT2D eigenvalue weighted by Gasteiger charge is -2.07. The molecule has 3 rings (SSSR count). The fraction of sp³-hybridized carbons (Fsp3) is 0.143. The fourth-order valence-electron chi connectivity index (χ4n) is 2.01. The molecule has 102 valence electrons. The van der Waals surface area contributed by atoms with Crippen molar-refractivity contribution in [3.63, 3.8) is 0 Å². The minimum atomic E-state index is -0.309. The zero-order chi connectivity index (χ0) is 13.9. The van der Waals surface area contributed by atoms with Gasteiger partial charge in [-0.15, -0.1) is 10.2 Å². The summed E-state index contributed by atoms with van der Waals surface area (Å²) < 4.78 is 15.5. The third-order valence-corrected chi connectivity index (χ3v) is 3.39. The maximum atomic E-state index is 13.6. The molecule has 1 aromatic carbocycles. The Hall–Kier alpha value is -1.98. The number of nitrogens with one attached hydrogen (secondary N) is 1. The summed E-state index contributed by atoms with van der Waals surface area (Å²) in [6.45, 7) is 0.823. The van der Waals surface area contributed by atoms with Gasteiger partial charge in [0.15, 0.2) is 11.5 Å². The number of benzene rings is 1. The van der Waals surface area contributed by atoms with Crippen LogP contribution in [0.1, 0.15) is 11.4 Å². The maximum absolute atomic E-state index is 13.6. The van der Waals surface area contributed by atoms with Gasteiger partial charge in [-0.3, -0.25) is 4.40 Å². The Morgan fingerprint density at radius 1 is 1.10 bits per heavy atom. The van der Waals surface area contributed by atoms with Gasteiger partial charge in [0, 0.05) is 23.3 Å². The van der Waals surface area contributed by atoms with E-state index in [-0.39, 0.29) is 5.82 Å². The van der Waals surface area contributed by atoms with Crippen LogP contribution in [0.15, 0.2) is 42.6 Å². The number of fused-ring (bicyclic) bond motifs is 1. The number of nitrogens with zero attached hydrogens (tertiary/aromatic N) is 3. The highest BCUT2D eigenvalue weighted by atomic mass is 35.5. The first-order valence-corrected chi connectivity index (χ1v) is 6.56. The second-order valence-corrected chi connectivity index (χ2v) is 4.76. The Bertz CT molecular complexity index is 721. The van der Waals surface area contributed by atoms with E-state index >= 15 is 0 Å². The summed E-state index contributed by atoms with van der Waals surface area (Å²) in [5.41, 5.74) is 1.25. The highest BCUT2D eigenvalue weighted by Gasteiger charge is 2.08. The second-order valence-electron chi connectivity index (χ2n) is 4.35. The average molecular weight is 291 g/mol. The summed E-state index contributed by atoms with van der Waals surface area (Å²) in [5, 5.41) is 11.7. The summed E-state index contributed by atoms with van der Waals surface area (Å²) in [5.74, 6) is 0.462. The van der Waals surface area contributed by atoms with Crippen molar-refractivity contribution in [3.05, 3.63) is 64.8 Å². The molecule has 0 saturated carbocycles. The summed E-state index contributed by atoms with van der Waals surface area (Å²) in [6, 6.07) is 10.4. The molecule has 6 heteroatoms. The van der Waals surface area contributed by atoms with Crippen LogP contribution in [0.5, 0.6) is 0 Å². The Morgan fingerprint density at radius 3 is 2.85 bits per heavy atom. The molecule has 0 fully saturated rings. The first kappa shape index (κ1) is 13.0. The molecule has 1 N–H and O–H groups in total. The smallest absolute Gasteiger partial charge is 0.160 e. The molecule has 20 heavy (non-hydrogen) atoms. The molecule has 0 aliphatic heterocycles. The van der Waals surface area contributed by atoms with E-state index in [1.54, 1.807) is 12.1 Å². The van der Waals surface area contributed by atoms with E-state index in [1.165, 1.54) is 6.07 Å². The summed E-state index contributed by atoms with van der Waals surface area (Å²) in [6.07, 6.45) is 1.89. The van der Waals surface area contributed by atoms with Crippen LogP contribution in [-0.4, -0.2) is 14.6 Å². The van der Waals surface area contributed by atoms with Crippen LogP contribution < -0.4 is 5.32 Å². The lowest BCUT2D eigenvalue weighted by Crippen LogP contribution is -2.16. The monoisotopic (exact) mass is 290 g/mol. The zero-order valence-corrected chi connectivity index (χ0v) is 11.3. The van der Waals surface area contributed by atoms with E-state index < -0.39 is 0 Å². The molecule has 0 bridgehead atoms. The Balaban J connectivity index is 1.71. The van der Waals surface area contributed by atoms with Crippen LogP contribution in [-0.2, 0) is 13.1 Å². The number of hydrogen-bond acceptors (Lipinski definition) is 3. The second kappa shape index (κ2) is 5.56. The lowest BCUT2D eigenvalue weighted by molar-refractivity contribution is 0.582. The van der Waals surface area contributed by atoms with Crippen molar-refractivity contribution in [2.24, 2.45) is 0 Å². The van der Waals surface area contributed by atoms with Gasteiger partial charge in [-0.1, -0.05) is 23.7 Å². The number of hydrogen-bond donors (Lipinski definition) is 1. The van der Waals surface area contributed by atoms with Crippen molar-refractivity contribution in [1.29, 1.82) is 0 Å². The molecule has 0 radical (unpaired) electrons. The minimum absolute atomic E-state index is 0.309. The van der Waals surface area contributed by atoms with Gasteiger partial charge in [0.1, 0.15) is 5.82 Å². The van der Waals surface area contributed by atoms with Gasteiger partial charge in [-0.05, 0) is 24.3 Å². The van der Waals surface area contributed by atoms with Gasteiger partial charge in [-0.2, -0.15) is 0 Å². The molecule has 4 nitrogen and oxygen atoms in total. The van der Waals surface area contributed by atoms with E-state index in [1.807, 2.05) is 28.8 Å². The molecule has 0 saturated heterocycles. The van der Waals surface area contributed by atoms with Gasteiger partial charge >= 0.3 is 0 Å². The number of aromatic nitrogens is 3. The van der Waals surface area contributed by atoms with Crippen LogP contribution >= 0.6 is 11.6 Å². The van der Waals surface area contributed by atoms with Crippen molar-refractivity contribution in [2.75, 3.05) is 0 Å². The average Bonchev–Trinajstić information content (AvgIpc) is 2.86. The van der Waals surface area contributed by atoms with Crippen molar-refractivity contribution >= 4 is 17.2 Å². The van der Waals surface area contributed by atoms with Gasteiger partial charge in [-0.25, -0.2) is 4.39 Å². The van der Waals surface area contributed by atoms with E-state index in [0.29, 0.717) is 23.7 Å². The van der Waals surface area contributed by atoms with E-state index in [4.69, 9.17) is 11.6 Å². The van der Waals surface area contributed by atoms with Crippen LogP contribution in [0.4, 0.5) is 4.39 Å². The van der Waals surface area contributed by atoms with E-state index in [9.17, 15) is 4.39 Å². The quantitative estimate of drug-likeness (QED) is 0.803. The topological polar surface area (TPSA) is 42.2 Å². The molecule has 0 amide bonds. The molecular weight excluding hydrogens is 279 g/mol. The highest BCUT2D eigenvalue weighted by Crippen LogP contribution is 2.18. The summed E-state index contributed by atoms with van der Waals surface area (Å²) in [7, 11) is 0. The lowest BCUT2D eigenvalue weighted by atomic mass is 10.2.